The molecule has 0 aliphatic rings. The van der Waals surface area contributed by atoms with Gasteiger partial charge >= 0.3 is 6.03 Å². The summed E-state index contributed by atoms with van der Waals surface area (Å²) in [6.07, 6.45) is 0.144. The van der Waals surface area contributed by atoms with Crippen LogP contribution in [0.5, 0.6) is 0 Å². The van der Waals surface area contributed by atoms with Gasteiger partial charge in [0.15, 0.2) is 5.13 Å². The molecule has 0 aliphatic carbocycles. The van der Waals surface area contributed by atoms with Gasteiger partial charge in [-0.3, -0.25) is 10.1 Å². The number of nitrogens with zero attached hydrogens (tertiary/aromatic N) is 1. The third kappa shape index (κ3) is 5.65. The molecule has 0 aliphatic heterocycles. The first-order valence-corrected chi connectivity index (χ1v) is 9.31. The first-order chi connectivity index (χ1) is 13.0. The zero-order chi connectivity index (χ0) is 19.2. The Morgan fingerprint density at radius 2 is 1.56 bits per heavy atom. The molecule has 7 heteroatoms. The number of aryl methyl sites for hydroxylation is 2. The van der Waals surface area contributed by atoms with E-state index in [0.29, 0.717) is 16.5 Å². The standard InChI is InChI=1S/C20H20N4O2S/c1-13-5-3-7-15(9-13)21-18(25)11-17-12-27-20(23-17)24-19(26)22-16-8-4-6-14(2)10-16/h3-10,12H,11H2,1-2H3,(H,21,25)(H2,22,23,24,26). The maximum absolute atomic E-state index is 12.2. The van der Waals surface area contributed by atoms with Crippen LogP contribution >= 0.6 is 11.3 Å². The van der Waals surface area contributed by atoms with E-state index in [-0.39, 0.29) is 18.4 Å². The third-order valence-corrected chi connectivity index (χ3v) is 4.50. The molecule has 6 nitrogen and oxygen atoms in total. The highest BCUT2D eigenvalue weighted by molar-refractivity contribution is 7.14. The number of hydrogen-bond acceptors (Lipinski definition) is 4. The van der Waals surface area contributed by atoms with Crippen molar-refractivity contribution in [1.82, 2.24) is 4.98 Å². The summed E-state index contributed by atoms with van der Waals surface area (Å²) in [5.74, 6) is -0.151. The summed E-state index contributed by atoms with van der Waals surface area (Å²) < 4.78 is 0. The molecule has 1 aromatic heterocycles. The van der Waals surface area contributed by atoms with Crippen molar-refractivity contribution < 1.29 is 9.59 Å². The molecule has 3 N–H and O–H groups in total. The maximum atomic E-state index is 12.2. The second-order valence-corrected chi connectivity index (χ2v) is 7.05. The molecule has 0 spiro atoms. The molecule has 0 saturated carbocycles. The molecular formula is C20H20N4O2S. The van der Waals surface area contributed by atoms with Gasteiger partial charge in [0.05, 0.1) is 12.1 Å². The van der Waals surface area contributed by atoms with E-state index in [0.717, 1.165) is 16.8 Å². The van der Waals surface area contributed by atoms with E-state index in [1.807, 2.05) is 62.4 Å². The van der Waals surface area contributed by atoms with Crippen LogP contribution in [0.2, 0.25) is 0 Å². The topological polar surface area (TPSA) is 83.1 Å². The van der Waals surface area contributed by atoms with Gasteiger partial charge in [0.25, 0.3) is 0 Å². The number of hydrogen-bond donors (Lipinski definition) is 3. The molecule has 2 aromatic carbocycles. The number of carbonyl (C=O) groups is 2. The summed E-state index contributed by atoms with van der Waals surface area (Å²) in [4.78, 5) is 28.5. The van der Waals surface area contributed by atoms with Crippen LogP contribution in [0.3, 0.4) is 0 Å². The predicted octanol–water partition coefficient (Wildman–Crippen LogP) is 4.59. The van der Waals surface area contributed by atoms with Crippen molar-refractivity contribution in [2.75, 3.05) is 16.0 Å². The van der Waals surface area contributed by atoms with E-state index in [2.05, 4.69) is 20.9 Å². The molecule has 1 heterocycles. The van der Waals surface area contributed by atoms with Gasteiger partial charge in [-0.25, -0.2) is 9.78 Å². The summed E-state index contributed by atoms with van der Waals surface area (Å²) >= 11 is 1.28. The number of amides is 3. The van der Waals surface area contributed by atoms with Crippen molar-refractivity contribution in [2.45, 2.75) is 20.3 Å². The van der Waals surface area contributed by atoms with E-state index < -0.39 is 0 Å². The highest BCUT2D eigenvalue weighted by Gasteiger charge is 2.10. The van der Waals surface area contributed by atoms with Gasteiger partial charge in [0.1, 0.15) is 0 Å². The second kappa shape index (κ2) is 8.46. The molecule has 3 amide bonds. The van der Waals surface area contributed by atoms with E-state index in [1.165, 1.54) is 11.3 Å². The molecule has 0 unspecified atom stereocenters. The predicted molar refractivity (Wildman–Crippen MR) is 109 cm³/mol. The van der Waals surface area contributed by atoms with Crippen molar-refractivity contribution in [3.63, 3.8) is 0 Å². The van der Waals surface area contributed by atoms with Crippen LogP contribution in [0.25, 0.3) is 0 Å². The fourth-order valence-electron chi connectivity index (χ4n) is 2.52. The summed E-state index contributed by atoms with van der Waals surface area (Å²) in [7, 11) is 0. The molecule has 27 heavy (non-hydrogen) atoms. The van der Waals surface area contributed by atoms with E-state index in [4.69, 9.17) is 0 Å². The van der Waals surface area contributed by atoms with Crippen LogP contribution < -0.4 is 16.0 Å². The SMILES string of the molecule is Cc1cccc(NC(=O)Cc2csc(NC(=O)Nc3cccc(C)c3)n2)c1. The number of anilines is 3. The number of rotatable bonds is 5. The van der Waals surface area contributed by atoms with Crippen LogP contribution in [-0.2, 0) is 11.2 Å². The number of carbonyl (C=O) groups excluding carboxylic acids is 2. The van der Waals surface area contributed by atoms with Gasteiger partial charge in [-0.05, 0) is 49.2 Å². The van der Waals surface area contributed by atoms with Crippen LogP contribution in [0.15, 0.2) is 53.9 Å². The van der Waals surface area contributed by atoms with Gasteiger partial charge in [-0.15, -0.1) is 11.3 Å². The Hall–Kier alpha value is -3.19. The lowest BCUT2D eigenvalue weighted by atomic mass is 10.2. The largest absolute Gasteiger partial charge is 0.326 e. The molecule has 0 bridgehead atoms. The second-order valence-electron chi connectivity index (χ2n) is 6.19. The molecule has 0 fully saturated rings. The molecule has 3 aromatic rings. The van der Waals surface area contributed by atoms with E-state index in [1.54, 1.807) is 5.38 Å². The van der Waals surface area contributed by atoms with Crippen LogP contribution in [0.4, 0.5) is 21.3 Å². The molecule has 0 radical (unpaired) electrons. The fraction of sp³-hybridized carbons (Fsp3) is 0.150. The van der Waals surface area contributed by atoms with Gasteiger partial charge in [0.2, 0.25) is 5.91 Å². The first kappa shape index (κ1) is 18.6. The van der Waals surface area contributed by atoms with Gasteiger partial charge in [-0.2, -0.15) is 0 Å². The first-order valence-electron chi connectivity index (χ1n) is 8.43. The van der Waals surface area contributed by atoms with Gasteiger partial charge in [0, 0.05) is 16.8 Å². The average molecular weight is 380 g/mol. The Bertz CT molecular complexity index is 892. The van der Waals surface area contributed by atoms with Gasteiger partial charge in [-0.1, -0.05) is 24.3 Å². The lowest BCUT2D eigenvalue weighted by molar-refractivity contribution is -0.115. The number of urea groups is 1. The molecule has 0 atom stereocenters. The summed E-state index contributed by atoms with van der Waals surface area (Å²) in [5, 5.41) is 10.5. The Balaban J connectivity index is 1.53. The fourth-order valence-corrected chi connectivity index (χ4v) is 3.23. The Kier molecular flexibility index (Phi) is 5.83. The minimum absolute atomic E-state index is 0.144. The lowest BCUT2D eigenvalue weighted by Crippen LogP contribution is -2.19. The van der Waals surface area contributed by atoms with Crippen molar-refractivity contribution in [2.24, 2.45) is 0 Å². The average Bonchev–Trinajstić information content (AvgIpc) is 3.01. The van der Waals surface area contributed by atoms with Crippen LogP contribution in [-0.4, -0.2) is 16.9 Å². The molecule has 3 rings (SSSR count). The number of nitrogens with one attached hydrogen (secondary N) is 3. The monoisotopic (exact) mass is 380 g/mol. The normalized spacial score (nSPS) is 10.3. The van der Waals surface area contributed by atoms with E-state index >= 15 is 0 Å². The van der Waals surface area contributed by atoms with Crippen molar-refractivity contribution in [3.8, 4) is 0 Å². The number of aromatic nitrogens is 1. The van der Waals surface area contributed by atoms with Crippen LogP contribution in [0.1, 0.15) is 16.8 Å². The van der Waals surface area contributed by atoms with Crippen LogP contribution in [0, 0.1) is 13.8 Å². The van der Waals surface area contributed by atoms with E-state index in [9.17, 15) is 9.59 Å². The number of thiazole rings is 1. The van der Waals surface area contributed by atoms with Crippen molar-refractivity contribution in [3.05, 3.63) is 70.7 Å². The zero-order valence-electron chi connectivity index (χ0n) is 15.1. The highest BCUT2D eigenvalue weighted by Crippen LogP contribution is 2.18. The quantitative estimate of drug-likeness (QED) is 0.606. The zero-order valence-corrected chi connectivity index (χ0v) is 15.9. The summed E-state index contributed by atoms with van der Waals surface area (Å²) in [6.45, 7) is 3.92. The third-order valence-electron chi connectivity index (χ3n) is 3.69. The highest BCUT2D eigenvalue weighted by atomic mass is 32.1. The molecule has 0 saturated heterocycles. The summed E-state index contributed by atoms with van der Waals surface area (Å²) in [5.41, 5.74) is 4.21. The smallest absolute Gasteiger partial charge is 0.325 e. The number of benzene rings is 2. The Morgan fingerprint density at radius 3 is 2.19 bits per heavy atom. The summed E-state index contributed by atoms with van der Waals surface area (Å²) in [6, 6.07) is 14.8. The van der Waals surface area contributed by atoms with Crippen molar-refractivity contribution >= 4 is 39.8 Å². The van der Waals surface area contributed by atoms with Crippen molar-refractivity contribution in [1.29, 1.82) is 0 Å². The maximum Gasteiger partial charge on any atom is 0.325 e. The molecule has 138 valence electrons. The van der Waals surface area contributed by atoms with Gasteiger partial charge < -0.3 is 10.6 Å². The lowest BCUT2D eigenvalue weighted by Gasteiger charge is -2.06. The Labute approximate surface area is 161 Å². The molecular weight excluding hydrogens is 360 g/mol. The Morgan fingerprint density at radius 1 is 0.926 bits per heavy atom. The minimum Gasteiger partial charge on any atom is -0.326 e. The minimum atomic E-state index is -0.370.